The third-order valence-corrected chi connectivity index (χ3v) is 4.70. The second kappa shape index (κ2) is 7.75. The number of esters is 1. The van der Waals surface area contributed by atoms with Gasteiger partial charge in [0.05, 0.1) is 7.11 Å². The van der Waals surface area contributed by atoms with E-state index in [1.165, 1.54) is 12.2 Å². The normalized spacial score (nSPS) is 12.3. The van der Waals surface area contributed by atoms with Gasteiger partial charge in [-0.25, -0.2) is 13.2 Å². The Balaban J connectivity index is 2.41. The Labute approximate surface area is 142 Å². The molecule has 124 valence electrons. The number of ether oxygens (including phenoxy) is 1. The summed E-state index contributed by atoms with van der Waals surface area (Å²) in [4.78, 5) is 11.5. The van der Waals surface area contributed by atoms with Crippen LogP contribution in [0.1, 0.15) is 16.7 Å². The number of aryl methyl sites for hydroxylation is 1. The highest BCUT2D eigenvalue weighted by Crippen LogP contribution is 2.18. The Morgan fingerprint density at radius 3 is 2.17 bits per heavy atom. The summed E-state index contributed by atoms with van der Waals surface area (Å²) in [5.41, 5.74) is 2.37. The molecular weight excluding hydrogens is 324 g/mol. The van der Waals surface area contributed by atoms with E-state index in [2.05, 4.69) is 4.74 Å². The zero-order valence-electron chi connectivity index (χ0n) is 13.5. The molecule has 0 aromatic heterocycles. The Morgan fingerprint density at radius 2 is 1.58 bits per heavy atom. The summed E-state index contributed by atoms with van der Waals surface area (Å²) in [5.74, 6) is -0.895. The van der Waals surface area contributed by atoms with Crippen LogP contribution >= 0.6 is 0 Å². The molecule has 0 spiro atoms. The second-order valence-electron chi connectivity index (χ2n) is 5.17. The van der Waals surface area contributed by atoms with Crippen LogP contribution in [0, 0.1) is 6.92 Å². The van der Waals surface area contributed by atoms with E-state index in [1.807, 2.05) is 25.1 Å². The quantitative estimate of drug-likeness (QED) is 0.615. The first-order chi connectivity index (χ1) is 11.4. The van der Waals surface area contributed by atoms with Gasteiger partial charge in [0, 0.05) is 5.41 Å². The lowest BCUT2D eigenvalue weighted by Gasteiger charge is -2.04. The molecule has 24 heavy (non-hydrogen) atoms. The smallest absolute Gasteiger partial charge is 0.349 e. The lowest BCUT2D eigenvalue weighted by molar-refractivity contribution is -0.135. The number of carbonyl (C=O) groups is 1. The highest BCUT2D eigenvalue weighted by molar-refractivity contribution is 7.99. The molecular formula is C19H18O4S. The maximum atomic E-state index is 12.5. The van der Waals surface area contributed by atoms with Gasteiger partial charge in [0.15, 0.2) is 4.91 Å². The predicted molar refractivity (Wildman–Crippen MR) is 95.6 cm³/mol. The van der Waals surface area contributed by atoms with Crippen molar-refractivity contribution in [1.29, 1.82) is 0 Å². The molecule has 2 aromatic carbocycles. The fourth-order valence-corrected chi connectivity index (χ4v) is 3.08. The molecule has 5 heteroatoms. The standard InChI is InChI=1S/C19H18O4S/c1-15-8-10-17(11-9-15)14-18(19(20)23-2)24(21,22)13-12-16-6-4-3-5-7-16/h3-14H,1-2H3/b13-12-,18-14+. The summed E-state index contributed by atoms with van der Waals surface area (Å²) >= 11 is 0. The first-order valence-corrected chi connectivity index (χ1v) is 8.82. The molecule has 0 radical (unpaired) electrons. The predicted octanol–water partition coefficient (Wildman–Crippen LogP) is 3.59. The van der Waals surface area contributed by atoms with Crippen molar-refractivity contribution in [1.82, 2.24) is 0 Å². The summed E-state index contributed by atoms with van der Waals surface area (Å²) in [5, 5.41) is 1.01. The van der Waals surface area contributed by atoms with Crippen LogP contribution in [0.3, 0.4) is 0 Å². The lowest BCUT2D eigenvalue weighted by Crippen LogP contribution is -2.13. The van der Waals surface area contributed by atoms with Crippen LogP contribution in [0.4, 0.5) is 0 Å². The van der Waals surface area contributed by atoms with Crippen molar-refractivity contribution in [2.24, 2.45) is 0 Å². The van der Waals surface area contributed by atoms with E-state index in [0.29, 0.717) is 5.56 Å². The molecule has 0 heterocycles. The van der Waals surface area contributed by atoms with E-state index in [4.69, 9.17) is 0 Å². The molecule has 2 aromatic rings. The van der Waals surface area contributed by atoms with Gasteiger partial charge in [-0.2, -0.15) is 0 Å². The van der Waals surface area contributed by atoms with E-state index in [0.717, 1.165) is 23.6 Å². The van der Waals surface area contributed by atoms with Gasteiger partial charge in [0.1, 0.15) is 0 Å². The van der Waals surface area contributed by atoms with Crippen molar-refractivity contribution in [3.63, 3.8) is 0 Å². The topological polar surface area (TPSA) is 60.4 Å². The van der Waals surface area contributed by atoms with Gasteiger partial charge in [-0.3, -0.25) is 0 Å². The van der Waals surface area contributed by atoms with Crippen molar-refractivity contribution in [3.05, 3.63) is 81.6 Å². The van der Waals surface area contributed by atoms with Crippen LogP contribution in [0.15, 0.2) is 64.9 Å². The fraction of sp³-hybridized carbons (Fsp3) is 0.105. The largest absolute Gasteiger partial charge is 0.465 e. The van der Waals surface area contributed by atoms with Crippen molar-refractivity contribution in [3.8, 4) is 0 Å². The van der Waals surface area contributed by atoms with Gasteiger partial charge >= 0.3 is 5.97 Å². The van der Waals surface area contributed by atoms with Gasteiger partial charge < -0.3 is 4.74 Å². The third-order valence-electron chi connectivity index (χ3n) is 3.31. The first-order valence-electron chi connectivity index (χ1n) is 7.27. The highest BCUT2D eigenvalue weighted by atomic mass is 32.2. The van der Waals surface area contributed by atoms with Crippen molar-refractivity contribution >= 4 is 28.0 Å². The summed E-state index contributed by atoms with van der Waals surface area (Å²) in [6.07, 6.45) is 2.76. The second-order valence-corrected chi connectivity index (χ2v) is 6.97. The molecule has 0 unspecified atom stereocenters. The molecule has 0 aliphatic heterocycles. The Kier molecular flexibility index (Phi) is 5.71. The molecule has 0 aliphatic rings. The molecule has 0 atom stereocenters. The zero-order chi connectivity index (χ0) is 17.6. The average molecular weight is 342 g/mol. The maximum absolute atomic E-state index is 12.5. The first kappa shape index (κ1) is 17.7. The van der Waals surface area contributed by atoms with Crippen molar-refractivity contribution in [2.45, 2.75) is 6.92 Å². The number of rotatable bonds is 5. The van der Waals surface area contributed by atoms with Crippen molar-refractivity contribution in [2.75, 3.05) is 7.11 Å². The highest BCUT2D eigenvalue weighted by Gasteiger charge is 2.23. The Morgan fingerprint density at radius 1 is 0.958 bits per heavy atom. The molecule has 2 rings (SSSR count). The van der Waals surface area contributed by atoms with E-state index >= 15 is 0 Å². The minimum atomic E-state index is -3.93. The lowest BCUT2D eigenvalue weighted by atomic mass is 10.1. The number of methoxy groups -OCH3 is 1. The summed E-state index contributed by atoms with van der Waals surface area (Å²) in [6.45, 7) is 1.92. The van der Waals surface area contributed by atoms with Gasteiger partial charge in [-0.1, -0.05) is 60.2 Å². The number of hydrogen-bond acceptors (Lipinski definition) is 4. The number of sulfone groups is 1. The summed E-state index contributed by atoms with van der Waals surface area (Å²) < 4.78 is 29.7. The molecule has 0 amide bonds. The van der Waals surface area contributed by atoms with Crippen LogP contribution in [0.5, 0.6) is 0 Å². The molecule has 0 saturated carbocycles. The van der Waals surface area contributed by atoms with Crippen LogP contribution in [0.2, 0.25) is 0 Å². The molecule has 0 N–H and O–H groups in total. The zero-order valence-corrected chi connectivity index (χ0v) is 14.3. The fourth-order valence-electron chi connectivity index (χ4n) is 1.98. The summed E-state index contributed by atoms with van der Waals surface area (Å²) in [7, 11) is -2.78. The van der Waals surface area contributed by atoms with Crippen LogP contribution in [-0.4, -0.2) is 21.5 Å². The van der Waals surface area contributed by atoms with Crippen LogP contribution in [-0.2, 0) is 19.4 Å². The van der Waals surface area contributed by atoms with Gasteiger partial charge in [0.25, 0.3) is 0 Å². The van der Waals surface area contributed by atoms with Crippen LogP contribution in [0.25, 0.3) is 12.2 Å². The minimum absolute atomic E-state index is 0.402. The SMILES string of the molecule is COC(=O)/C(=C\c1ccc(C)cc1)S(=O)(=O)/C=C\c1ccccc1. The van der Waals surface area contributed by atoms with E-state index in [9.17, 15) is 13.2 Å². The molecule has 0 aliphatic carbocycles. The number of benzene rings is 2. The molecule has 0 saturated heterocycles. The summed E-state index contributed by atoms with van der Waals surface area (Å²) in [6, 6.07) is 16.2. The Hall–Kier alpha value is -2.66. The minimum Gasteiger partial charge on any atom is -0.465 e. The van der Waals surface area contributed by atoms with Crippen LogP contribution < -0.4 is 0 Å². The van der Waals surface area contributed by atoms with E-state index in [1.54, 1.807) is 36.4 Å². The third kappa shape index (κ3) is 4.67. The average Bonchev–Trinajstić information content (AvgIpc) is 2.59. The van der Waals surface area contributed by atoms with Gasteiger partial charge in [0.2, 0.25) is 9.84 Å². The molecule has 4 nitrogen and oxygen atoms in total. The van der Waals surface area contributed by atoms with E-state index in [-0.39, 0.29) is 0 Å². The van der Waals surface area contributed by atoms with Gasteiger partial charge in [-0.05, 0) is 30.2 Å². The molecule has 0 fully saturated rings. The number of hydrogen-bond donors (Lipinski definition) is 0. The molecule has 0 bridgehead atoms. The number of carbonyl (C=O) groups excluding carboxylic acids is 1. The van der Waals surface area contributed by atoms with E-state index < -0.39 is 20.7 Å². The monoisotopic (exact) mass is 342 g/mol. The van der Waals surface area contributed by atoms with Crippen molar-refractivity contribution < 1.29 is 17.9 Å². The Bertz CT molecular complexity index is 861. The maximum Gasteiger partial charge on any atom is 0.349 e. The van der Waals surface area contributed by atoms with Gasteiger partial charge in [-0.15, -0.1) is 0 Å².